The molecule has 0 bridgehead atoms. The molecule has 0 aliphatic heterocycles. The van der Waals surface area contributed by atoms with Gasteiger partial charge in [-0.3, -0.25) is 0 Å². The van der Waals surface area contributed by atoms with E-state index >= 15 is 0 Å². The molecule has 0 aliphatic carbocycles. The second kappa shape index (κ2) is 13.6. The predicted octanol–water partition coefficient (Wildman–Crippen LogP) is 5.15. The first-order valence-electron chi connectivity index (χ1n) is 12.5. The molecule has 0 radical (unpaired) electrons. The molecule has 0 aliphatic rings. The second-order valence-electron chi connectivity index (χ2n) is 10.7. The lowest BCUT2D eigenvalue weighted by molar-refractivity contribution is -0.0165. The zero-order valence-electron chi connectivity index (χ0n) is 22.7. The Bertz CT molecular complexity index is 1160. The SMILES string of the molecule is CC(C)(c1ccccc1)c1ccc(OCC(CO)(COP(O)O)COP(O)O)c(C(C)(C)c2ccccc2)c1. The van der Waals surface area contributed by atoms with Crippen molar-refractivity contribution in [2.24, 2.45) is 5.41 Å². The van der Waals surface area contributed by atoms with E-state index in [1.807, 2.05) is 48.5 Å². The summed E-state index contributed by atoms with van der Waals surface area (Å²) in [5.41, 5.74) is 2.22. The van der Waals surface area contributed by atoms with E-state index in [2.05, 4.69) is 58.0 Å². The largest absolute Gasteiger partial charge is 0.492 e. The Labute approximate surface area is 232 Å². The van der Waals surface area contributed by atoms with Gasteiger partial charge in [0.25, 0.3) is 0 Å². The highest BCUT2D eigenvalue weighted by molar-refractivity contribution is 7.39. The molecule has 0 aromatic heterocycles. The summed E-state index contributed by atoms with van der Waals surface area (Å²) in [6, 6.07) is 26.4. The molecule has 0 unspecified atom stereocenters. The molecule has 5 N–H and O–H groups in total. The maximum Gasteiger partial charge on any atom is 0.327 e. The van der Waals surface area contributed by atoms with Gasteiger partial charge in [0.15, 0.2) is 0 Å². The number of hydrogen-bond acceptors (Lipinski definition) is 8. The van der Waals surface area contributed by atoms with Gasteiger partial charge in [-0.1, -0.05) is 100 Å². The molecule has 0 saturated heterocycles. The van der Waals surface area contributed by atoms with Gasteiger partial charge >= 0.3 is 17.2 Å². The highest BCUT2D eigenvalue weighted by Crippen LogP contribution is 2.42. The van der Waals surface area contributed by atoms with E-state index in [-0.39, 0.29) is 25.2 Å². The smallest absolute Gasteiger partial charge is 0.327 e. The molecule has 8 nitrogen and oxygen atoms in total. The van der Waals surface area contributed by atoms with Gasteiger partial charge in [-0.05, 0) is 22.8 Å². The minimum atomic E-state index is -2.70. The first kappa shape index (κ1) is 31.6. The molecule has 3 aromatic rings. The van der Waals surface area contributed by atoms with Crippen molar-refractivity contribution in [2.45, 2.75) is 38.5 Å². The van der Waals surface area contributed by atoms with Gasteiger partial charge in [-0.15, -0.1) is 0 Å². The van der Waals surface area contributed by atoms with Crippen LogP contribution in [0.1, 0.15) is 49.9 Å². The third-order valence-electron chi connectivity index (χ3n) is 7.21. The molecule has 3 aromatic carbocycles. The monoisotopic (exact) mass is 576 g/mol. The van der Waals surface area contributed by atoms with Crippen molar-refractivity contribution in [2.75, 3.05) is 26.4 Å². The third-order valence-corrected chi connectivity index (χ3v) is 7.93. The summed E-state index contributed by atoms with van der Waals surface area (Å²) in [6.45, 7) is 7.25. The highest BCUT2D eigenvalue weighted by atomic mass is 31.2. The van der Waals surface area contributed by atoms with Crippen LogP contribution in [0.15, 0.2) is 78.9 Å². The molecule has 10 heteroatoms. The molecule has 0 heterocycles. The van der Waals surface area contributed by atoms with Crippen molar-refractivity contribution >= 4 is 17.2 Å². The van der Waals surface area contributed by atoms with Gasteiger partial charge in [0.1, 0.15) is 12.4 Å². The zero-order valence-corrected chi connectivity index (χ0v) is 24.5. The fourth-order valence-electron chi connectivity index (χ4n) is 4.45. The Morgan fingerprint density at radius 2 is 1.10 bits per heavy atom. The van der Waals surface area contributed by atoms with Crippen LogP contribution in [0.3, 0.4) is 0 Å². The molecule has 3 rings (SSSR count). The predicted molar refractivity (Wildman–Crippen MR) is 153 cm³/mol. The maximum absolute atomic E-state index is 10.2. The highest BCUT2D eigenvalue weighted by Gasteiger charge is 2.36. The van der Waals surface area contributed by atoms with E-state index in [9.17, 15) is 24.7 Å². The minimum absolute atomic E-state index is 0.144. The van der Waals surface area contributed by atoms with E-state index in [1.165, 1.54) is 5.56 Å². The van der Waals surface area contributed by atoms with Gasteiger partial charge in [0.05, 0.1) is 25.2 Å². The molecular formula is C29H38O8P2. The topological polar surface area (TPSA) is 129 Å². The molecule has 0 fully saturated rings. The average molecular weight is 577 g/mol. The van der Waals surface area contributed by atoms with Crippen molar-refractivity contribution < 1.29 is 38.5 Å². The van der Waals surface area contributed by atoms with E-state index in [1.54, 1.807) is 0 Å². The number of hydrogen-bond donors (Lipinski definition) is 5. The summed E-state index contributed by atoms with van der Waals surface area (Å²) in [4.78, 5) is 37.2. The van der Waals surface area contributed by atoms with Crippen LogP contribution in [0, 0.1) is 5.41 Å². The van der Waals surface area contributed by atoms with Crippen LogP contribution < -0.4 is 4.74 Å². The van der Waals surface area contributed by atoms with Crippen molar-refractivity contribution in [3.8, 4) is 5.75 Å². The Hall–Kier alpha value is -1.96. The normalized spacial score (nSPS) is 12.8. The van der Waals surface area contributed by atoms with E-state index < -0.39 is 34.6 Å². The van der Waals surface area contributed by atoms with Gasteiger partial charge in [0, 0.05) is 16.4 Å². The van der Waals surface area contributed by atoms with Crippen LogP contribution in [-0.2, 0) is 19.9 Å². The Balaban J connectivity index is 2.05. The summed E-state index contributed by atoms with van der Waals surface area (Å²) >= 11 is 0. The molecule has 0 atom stereocenters. The first-order chi connectivity index (χ1) is 18.4. The summed E-state index contributed by atoms with van der Waals surface area (Å²) in [6.07, 6.45) is 0. The van der Waals surface area contributed by atoms with Crippen molar-refractivity contribution in [1.29, 1.82) is 0 Å². The summed E-state index contributed by atoms with van der Waals surface area (Å²) in [5.74, 6) is 0.569. The molecule has 0 amide bonds. The average Bonchev–Trinajstić information content (AvgIpc) is 2.93. The summed E-state index contributed by atoms with van der Waals surface area (Å²) < 4.78 is 16.3. The quantitative estimate of drug-likeness (QED) is 0.167. The number of rotatable bonds is 14. The van der Waals surface area contributed by atoms with Crippen LogP contribution in [0.5, 0.6) is 5.75 Å². The second-order valence-corrected chi connectivity index (χ2v) is 12.2. The van der Waals surface area contributed by atoms with Crippen LogP contribution in [0.4, 0.5) is 0 Å². The van der Waals surface area contributed by atoms with E-state index in [4.69, 9.17) is 13.8 Å². The fourth-order valence-corrected chi connectivity index (χ4v) is 5.23. The fraction of sp³-hybridized carbons (Fsp3) is 0.379. The minimum Gasteiger partial charge on any atom is -0.492 e. The van der Waals surface area contributed by atoms with Crippen LogP contribution >= 0.6 is 17.2 Å². The molecule has 0 spiro atoms. The molecular weight excluding hydrogens is 538 g/mol. The lowest BCUT2D eigenvalue weighted by Crippen LogP contribution is -2.41. The summed E-state index contributed by atoms with van der Waals surface area (Å²) in [7, 11) is -5.40. The van der Waals surface area contributed by atoms with Gasteiger partial charge in [-0.2, -0.15) is 0 Å². The Morgan fingerprint density at radius 3 is 1.56 bits per heavy atom. The number of aliphatic hydroxyl groups excluding tert-OH is 1. The standard InChI is InChI=1S/C29H38O8P2/c1-27(2,22-11-7-5-8-12-22)24-15-16-26(25(17-24)28(3,4)23-13-9-6-10-14-23)35-19-29(18-30,20-36-38(31)32)21-37-39(33)34/h5-17,30-34H,18-21H2,1-4H3. The molecule has 0 saturated carbocycles. The van der Waals surface area contributed by atoms with Gasteiger partial charge in [-0.25, -0.2) is 0 Å². The van der Waals surface area contributed by atoms with E-state index in [0.717, 1.165) is 16.7 Å². The van der Waals surface area contributed by atoms with Crippen molar-refractivity contribution in [3.63, 3.8) is 0 Å². The van der Waals surface area contributed by atoms with Crippen LogP contribution in [-0.4, -0.2) is 51.1 Å². The number of benzene rings is 3. The number of aliphatic hydroxyl groups is 1. The third kappa shape index (κ3) is 8.05. The lowest BCUT2D eigenvalue weighted by atomic mass is 9.73. The molecule has 212 valence electrons. The van der Waals surface area contributed by atoms with E-state index in [0.29, 0.717) is 5.75 Å². The zero-order chi connectivity index (χ0) is 28.7. The van der Waals surface area contributed by atoms with Crippen LogP contribution in [0.2, 0.25) is 0 Å². The number of ether oxygens (including phenoxy) is 1. The van der Waals surface area contributed by atoms with Crippen LogP contribution in [0.25, 0.3) is 0 Å². The van der Waals surface area contributed by atoms with Crippen molar-refractivity contribution in [3.05, 3.63) is 101 Å². The summed E-state index contributed by atoms with van der Waals surface area (Å²) in [5, 5.41) is 10.2. The van der Waals surface area contributed by atoms with Crippen molar-refractivity contribution in [1.82, 2.24) is 0 Å². The lowest BCUT2D eigenvalue weighted by Gasteiger charge is -2.34. The maximum atomic E-state index is 10.2. The van der Waals surface area contributed by atoms with Gasteiger partial charge < -0.3 is 38.5 Å². The first-order valence-corrected chi connectivity index (χ1v) is 14.9. The Morgan fingerprint density at radius 1 is 0.615 bits per heavy atom. The molecule has 39 heavy (non-hydrogen) atoms. The Kier molecular flexibility index (Phi) is 11.0. The van der Waals surface area contributed by atoms with Gasteiger partial charge in [0.2, 0.25) is 0 Å².